The first-order chi connectivity index (χ1) is 8.63. The number of hydrogen-bond acceptors (Lipinski definition) is 3. The van der Waals surface area contributed by atoms with Crippen molar-refractivity contribution in [3.8, 4) is 0 Å². The molecule has 0 radical (unpaired) electrons. The van der Waals surface area contributed by atoms with E-state index in [-0.39, 0.29) is 0 Å². The minimum Gasteiger partial charge on any atom is -0.399 e. The lowest BCUT2D eigenvalue weighted by Gasteiger charge is -2.17. The largest absolute Gasteiger partial charge is 0.399 e. The van der Waals surface area contributed by atoms with Gasteiger partial charge in [-0.3, -0.25) is 9.88 Å². The van der Waals surface area contributed by atoms with Gasteiger partial charge in [-0.05, 0) is 42.4 Å². The van der Waals surface area contributed by atoms with Crippen molar-refractivity contribution in [1.82, 2.24) is 9.88 Å². The number of pyridine rings is 1. The van der Waals surface area contributed by atoms with E-state index < -0.39 is 0 Å². The van der Waals surface area contributed by atoms with Crippen LogP contribution in [0.2, 0.25) is 0 Å². The number of nitrogens with two attached hydrogens (primary N) is 1. The van der Waals surface area contributed by atoms with Crippen LogP contribution in [0.5, 0.6) is 0 Å². The predicted molar refractivity (Wildman–Crippen MR) is 78.0 cm³/mol. The van der Waals surface area contributed by atoms with Crippen molar-refractivity contribution in [2.45, 2.75) is 13.1 Å². The van der Waals surface area contributed by atoms with Gasteiger partial charge in [-0.1, -0.05) is 22.0 Å². The van der Waals surface area contributed by atoms with Crippen LogP contribution in [0.1, 0.15) is 11.1 Å². The van der Waals surface area contributed by atoms with Crippen LogP contribution < -0.4 is 5.73 Å². The zero-order valence-corrected chi connectivity index (χ0v) is 11.9. The van der Waals surface area contributed by atoms with Crippen LogP contribution in [0.15, 0.2) is 47.2 Å². The summed E-state index contributed by atoms with van der Waals surface area (Å²) < 4.78 is 1.02. The Morgan fingerprint density at radius 2 is 2.00 bits per heavy atom. The van der Waals surface area contributed by atoms with E-state index in [9.17, 15) is 0 Å². The van der Waals surface area contributed by atoms with Crippen LogP contribution in [0, 0.1) is 0 Å². The number of nitrogen functional groups attached to an aromatic ring is 1. The Morgan fingerprint density at radius 1 is 1.22 bits per heavy atom. The average Bonchev–Trinajstić information content (AvgIpc) is 2.28. The monoisotopic (exact) mass is 305 g/mol. The molecule has 4 heteroatoms. The molecule has 1 heterocycles. The molecule has 0 atom stereocenters. The lowest BCUT2D eigenvalue weighted by molar-refractivity contribution is 0.318. The molecule has 0 saturated heterocycles. The molecule has 3 nitrogen and oxygen atoms in total. The Bertz CT molecular complexity index is 493. The third kappa shape index (κ3) is 3.82. The van der Waals surface area contributed by atoms with Gasteiger partial charge in [0.2, 0.25) is 0 Å². The van der Waals surface area contributed by atoms with E-state index >= 15 is 0 Å². The van der Waals surface area contributed by atoms with Crippen molar-refractivity contribution in [3.63, 3.8) is 0 Å². The maximum atomic E-state index is 5.83. The van der Waals surface area contributed by atoms with Gasteiger partial charge < -0.3 is 5.73 Å². The molecule has 0 unspecified atom stereocenters. The normalized spacial score (nSPS) is 10.8. The molecule has 0 aliphatic heterocycles. The molecule has 0 bridgehead atoms. The second-order valence-corrected chi connectivity index (χ2v) is 5.34. The molecular weight excluding hydrogens is 290 g/mol. The first-order valence-electron chi connectivity index (χ1n) is 5.76. The van der Waals surface area contributed by atoms with E-state index in [1.54, 1.807) is 6.20 Å². The summed E-state index contributed by atoms with van der Waals surface area (Å²) in [5.74, 6) is 0. The van der Waals surface area contributed by atoms with Gasteiger partial charge in [0.1, 0.15) is 0 Å². The van der Waals surface area contributed by atoms with Crippen molar-refractivity contribution >= 4 is 21.6 Å². The number of nitrogens with zero attached hydrogens (tertiary/aromatic N) is 2. The lowest BCUT2D eigenvalue weighted by atomic mass is 10.2. The van der Waals surface area contributed by atoms with E-state index in [4.69, 9.17) is 5.73 Å². The highest BCUT2D eigenvalue weighted by Crippen LogP contribution is 2.18. The molecule has 0 saturated carbocycles. The first kappa shape index (κ1) is 13.1. The molecule has 1 aromatic carbocycles. The standard InChI is InChI=1S/C14H16BrN3/c1-18(9-11-3-2-4-17-8-11)10-12-5-13(15)7-14(16)6-12/h2-8H,9-10,16H2,1H3. The predicted octanol–water partition coefficient (Wildman–Crippen LogP) is 3.06. The highest BCUT2D eigenvalue weighted by atomic mass is 79.9. The molecule has 94 valence electrons. The molecule has 2 N–H and O–H groups in total. The quantitative estimate of drug-likeness (QED) is 0.883. The van der Waals surface area contributed by atoms with E-state index in [2.05, 4.69) is 45.0 Å². The van der Waals surface area contributed by atoms with Crippen LogP contribution in [0.3, 0.4) is 0 Å². The first-order valence-corrected chi connectivity index (χ1v) is 6.55. The average molecular weight is 306 g/mol. The van der Waals surface area contributed by atoms with Crippen LogP contribution in [-0.2, 0) is 13.1 Å². The van der Waals surface area contributed by atoms with Crippen molar-refractivity contribution in [3.05, 3.63) is 58.3 Å². The summed E-state index contributed by atoms with van der Waals surface area (Å²) >= 11 is 3.46. The smallest absolute Gasteiger partial charge is 0.0328 e. The summed E-state index contributed by atoms with van der Waals surface area (Å²) in [7, 11) is 2.09. The van der Waals surface area contributed by atoms with E-state index in [0.717, 1.165) is 23.2 Å². The zero-order chi connectivity index (χ0) is 13.0. The fourth-order valence-electron chi connectivity index (χ4n) is 1.94. The second kappa shape index (κ2) is 5.98. The molecule has 0 aliphatic carbocycles. The highest BCUT2D eigenvalue weighted by Gasteiger charge is 2.03. The summed E-state index contributed by atoms with van der Waals surface area (Å²) in [5, 5.41) is 0. The van der Waals surface area contributed by atoms with Gasteiger partial charge in [0.05, 0.1) is 0 Å². The summed E-state index contributed by atoms with van der Waals surface area (Å²) in [4.78, 5) is 6.35. The Kier molecular flexibility index (Phi) is 4.33. The number of anilines is 1. The van der Waals surface area contributed by atoms with E-state index in [1.165, 1.54) is 11.1 Å². The number of hydrogen-bond donors (Lipinski definition) is 1. The summed E-state index contributed by atoms with van der Waals surface area (Å²) in [6.07, 6.45) is 3.68. The maximum Gasteiger partial charge on any atom is 0.0328 e. The number of aromatic nitrogens is 1. The lowest BCUT2D eigenvalue weighted by Crippen LogP contribution is -2.17. The molecular formula is C14H16BrN3. The van der Waals surface area contributed by atoms with Gasteiger partial charge in [0.15, 0.2) is 0 Å². The molecule has 2 rings (SSSR count). The third-order valence-corrected chi connectivity index (χ3v) is 3.07. The van der Waals surface area contributed by atoms with Crippen LogP contribution in [0.4, 0.5) is 5.69 Å². The highest BCUT2D eigenvalue weighted by molar-refractivity contribution is 9.10. The second-order valence-electron chi connectivity index (χ2n) is 4.43. The van der Waals surface area contributed by atoms with E-state index in [0.29, 0.717) is 0 Å². The fraction of sp³-hybridized carbons (Fsp3) is 0.214. The molecule has 2 aromatic rings. The van der Waals surface area contributed by atoms with Crippen LogP contribution in [0.25, 0.3) is 0 Å². The van der Waals surface area contributed by atoms with Crippen molar-refractivity contribution < 1.29 is 0 Å². The van der Waals surface area contributed by atoms with Gasteiger partial charge in [-0.15, -0.1) is 0 Å². The van der Waals surface area contributed by atoms with Crippen molar-refractivity contribution in [2.24, 2.45) is 0 Å². The maximum absolute atomic E-state index is 5.83. The molecule has 1 aromatic heterocycles. The minimum atomic E-state index is 0.786. The molecule has 0 spiro atoms. The van der Waals surface area contributed by atoms with Crippen LogP contribution in [-0.4, -0.2) is 16.9 Å². The topological polar surface area (TPSA) is 42.2 Å². The number of halogens is 1. The summed E-state index contributed by atoms with van der Waals surface area (Å²) in [6, 6.07) is 10.0. The fourth-order valence-corrected chi connectivity index (χ4v) is 2.50. The molecule has 0 amide bonds. The van der Waals surface area contributed by atoms with Gasteiger partial charge in [0.25, 0.3) is 0 Å². The summed E-state index contributed by atoms with van der Waals surface area (Å²) in [5.41, 5.74) is 9.03. The number of rotatable bonds is 4. The summed E-state index contributed by atoms with van der Waals surface area (Å²) in [6.45, 7) is 1.73. The van der Waals surface area contributed by atoms with Crippen molar-refractivity contribution in [1.29, 1.82) is 0 Å². The van der Waals surface area contributed by atoms with Crippen LogP contribution >= 0.6 is 15.9 Å². The minimum absolute atomic E-state index is 0.786. The molecule has 0 aliphatic rings. The van der Waals surface area contributed by atoms with E-state index in [1.807, 2.05) is 24.4 Å². The number of benzene rings is 1. The Balaban J connectivity index is 2.01. The van der Waals surface area contributed by atoms with Gasteiger partial charge in [-0.2, -0.15) is 0 Å². The van der Waals surface area contributed by atoms with Crippen molar-refractivity contribution in [2.75, 3.05) is 12.8 Å². The van der Waals surface area contributed by atoms with Gasteiger partial charge in [-0.25, -0.2) is 0 Å². The Labute approximate surface area is 116 Å². The third-order valence-electron chi connectivity index (χ3n) is 2.61. The Hall–Kier alpha value is -1.39. The molecule has 0 fully saturated rings. The van der Waals surface area contributed by atoms with Gasteiger partial charge >= 0.3 is 0 Å². The zero-order valence-electron chi connectivity index (χ0n) is 10.3. The molecule has 18 heavy (non-hydrogen) atoms. The SMILES string of the molecule is CN(Cc1cccnc1)Cc1cc(N)cc(Br)c1. The Morgan fingerprint density at radius 3 is 2.67 bits per heavy atom. The van der Waals surface area contributed by atoms with Gasteiger partial charge in [0, 0.05) is 35.6 Å².